The number of aliphatic hydroxyl groups is 1. The third kappa shape index (κ3) is 5.07. The van der Waals surface area contributed by atoms with Gasteiger partial charge in [-0.05, 0) is 50.9 Å². The molecule has 2 saturated carbocycles. The van der Waals surface area contributed by atoms with Crippen LogP contribution in [0.1, 0.15) is 62.2 Å². The van der Waals surface area contributed by atoms with Crippen LogP contribution in [-0.2, 0) is 4.74 Å². The minimum absolute atomic E-state index is 0.0641. The molecule has 8 nitrogen and oxygen atoms in total. The van der Waals surface area contributed by atoms with Gasteiger partial charge in [0.1, 0.15) is 5.82 Å². The number of aromatic nitrogens is 2. The quantitative estimate of drug-likeness (QED) is 0.597. The number of primary amides is 1. The van der Waals surface area contributed by atoms with Crippen molar-refractivity contribution in [3.63, 3.8) is 0 Å². The smallest absolute Gasteiger partial charge is 0.254 e. The first-order valence-corrected chi connectivity index (χ1v) is 9.87. The first kappa shape index (κ1) is 19.8. The number of ether oxygens (including phenoxy) is 1. The molecule has 0 aliphatic heterocycles. The Bertz CT molecular complexity index is 648. The van der Waals surface area contributed by atoms with Gasteiger partial charge in [0.2, 0.25) is 5.95 Å². The summed E-state index contributed by atoms with van der Waals surface area (Å²) >= 11 is 0. The van der Waals surface area contributed by atoms with E-state index in [-0.39, 0.29) is 17.7 Å². The summed E-state index contributed by atoms with van der Waals surface area (Å²) in [6, 6.07) is 0.357. The molecule has 0 radical (unpaired) electrons. The number of nitrogens with two attached hydrogens (primary N) is 1. The first-order chi connectivity index (χ1) is 13.0. The number of carbonyl (C=O) groups excluding carboxylic acids is 1. The summed E-state index contributed by atoms with van der Waals surface area (Å²) in [5, 5.41) is 16.8. The van der Waals surface area contributed by atoms with Crippen LogP contribution in [0.3, 0.4) is 0 Å². The summed E-state index contributed by atoms with van der Waals surface area (Å²) < 4.78 is 5.41. The Morgan fingerprint density at radius 1 is 1.19 bits per heavy atom. The molecular weight excluding hydrogens is 346 g/mol. The van der Waals surface area contributed by atoms with E-state index in [9.17, 15) is 9.90 Å². The highest BCUT2D eigenvalue weighted by Crippen LogP contribution is 2.28. The van der Waals surface area contributed by atoms with E-state index in [2.05, 4.69) is 27.5 Å². The standard InChI is InChI=1S/C19H31N5O3/c1-11-3-4-13(9-16(11)25)22-18-15(17(20)26)10-21-19(24-18)23-12-5-7-14(27-2)8-6-12/h10-14,16,25H,3-9H2,1-2H3,(H2,20,26)(H2,21,22,23,24)/t11-,12?,13?,14?,16-/m0/s1. The molecule has 2 fully saturated rings. The van der Waals surface area contributed by atoms with Crippen molar-refractivity contribution in [2.24, 2.45) is 11.7 Å². The zero-order valence-electron chi connectivity index (χ0n) is 16.1. The Morgan fingerprint density at radius 3 is 2.52 bits per heavy atom. The molecule has 3 atom stereocenters. The van der Waals surface area contributed by atoms with Gasteiger partial charge in [0.15, 0.2) is 0 Å². The topological polar surface area (TPSA) is 122 Å². The number of rotatable bonds is 6. The highest BCUT2D eigenvalue weighted by molar-refractivity contribution is 5.97. The molecule has 5 N–H and O–H groups in total. The third-order valence-electron chi connectivity index (χ3n) is 5.89. The van der Waals surface area contributed by atoms with Gasteiger partial charge in [-0.1, -0.05) is 6.92 Å². The molecule has 27 heavy (non-hydrogen) atoms. The van der Waals surface area contributed by atoms with E-state index in [0.29, 0.717) is 36.3 Å². The van der Waals surface area contributed by atoms with Crippen molar-refractivity contribution < 1.29 is 14.6 Å². The van der Waals surface area contributed by atoms with Crippen molar-refractivity contribution in [3.05, 3.63) is 11.8 Å². The lowest BCUT2D eigenvalue weighted by Gasteiger charge is -2.32. The summed E-state index contributed by atoms with van der Waals surface area (Å²) in [4.78, 5) is 20.6. The Labute approximate surface area is 160 Å². The van der Waals surface area contributed by atoms with Gasteiger partial charge in [0.05, 0.1) is 17.8 Å². The first-order valence-electron chi connectivity index (χ1n) is 9.87. The number of anilines is 2. The van der Waals surface area contributed by atoms with Crippen molar-refractivity contribution in [2.45, 2.75) is 76.2 Å². The van der Waals surface area contributed by atoms with Gasteiger partial charge in [0.25, 0.3) is 5.91 Å². The number of hydrogen-bond acceptors (Lipinski definition) is 7. The largest absolute Gasteiger partial charge is 0.393 e. The number of hydrogen-bond donors (Lipinski definition) is 4. The van der Waals surface area contributed by atoms with Gasteiger partial charge < -0.3 is 26.2 Å². The lowest BCUT2D eigenvalue weighted by Crippen LogP contribution is -2.36. The van der Waals surface area contributed by atoms with E-state index in [1.807, 2.05) is 0 Å². The summed E-state index contributed by atoms with van der Waals surface area (Å²) in [6.07, 6.45) is 7.96. The number of aliphatic hydroxyl groups excluding tert-OH is 1. The van der Waals surface area contributed by atoms with E-state index < -0.39 is 5.91 Å². The van der Waals surface area contributed by atoms with Gasteiger partial charge in [0, 0.05) is 25.4 Å². The summed E-state index contributed by atoms with van der Waals surface area (Å²) in [7, 11) is 1.75. The minimum atomic E-state index is -0.561. The maximum absolute atomic E-state index is 11.8. The number of methoxy groups -OCH3 is 1. The fraction of sp³-hybridized carbons (Fsp3) is 0.737. The molecule has 0 spiro atoms. The fourth-order valence-electron chi connectivity index (χ4n) is 3.99. The summed E-state index contributed by atoms with van der Waals surface area (Å²) in [5.41, 5.74) is 5.77. The maximum atomic E-state index is 11.8. The highest BCUT2D eigenvalue weighted by atomic mass is 16.5. The van der Waals surface area contributed by atoms with Crippen LogP contribution in [-0.4, -0.2) is 52.4 Å². The van der Waals surface area contributed by atoms with E-state index in [1.165, 1.54) is 6.20 Å². The molecule has 1 amide bonds. The number of nitrogens with zero attached hydrogens (tertiary/aromatic N) is 2. The van der Waals surface area contributed by atoms with Crippen LogP contribution in [0.5, 0.6) is 0 Å². The van der Waals surface area contributed by atoms with Gasteiger partial charge in [-0.3, -0.25) is 4.79 Å². The molecule has 0 saturated heterocycles. The molecule has 150 valence electrons. The van der Waals surface area contributed by atoms with Crippen LogP contribution in [0.4, 0.5) is 11.8 Å². The highest BCUT2D eigenvalue weighted by Gasteiger charge is 2.27. The van der Waals surface area contributed by atoms with Crippen LogP contribution in [0, 0.1) is 5.92 Å². The molecule has 0 bridgehead atoms. The van der Waals surface area contributed by atoms with E-state index in [0.717, 1.165) is 38.5 Å². The van der Waals surface area contributed by atoms with Gasteiger partial charge in [-0.15, -0.1) is 0 Å². The SMILES string of the molecule is COC1CCC(Nc2ncc(C(N)=O)c(NC3CC[C@H](C)[C@@H](O)C3)n2)CC1. The lowest BCUT2D eigenvalue weighted by atomic mass is 9.85. The molecule has 1 unspecified atom stereocenters. The fourth-order valence-corrected chi connectivity index (χ4v) is 3.99. The average molecular weight is 377 g/mol. The third-order valence-corrected chi connectivity index (χ3v) is 5.89. The molecular formula is C19H31N5O3. The number of carbonyl (C=O) groups is 1. The zero-order valence-corrected chi connectivity index (χ0v) is 16.1. The Kier molecular flexibility index (Phi) is 6.49. The van der Waals surface area contributed by atoms with Crippen LogP contribution < -0.4 is 16.4 Å². The summed E-state index contributed by atoms with van der Waals surface area (Å²) in [6.45, 7) is 2.06. The molecule has 1 heterocycles. The van der Waals surface area contributed by atoms with Crippen LogP contribution in [0.25, 0.3) is 0 Å². The van der Waals surface area contributed by atoms with E-state index >= 15 is 0 Å². The predicted molar refractivity (Wildman–Crippen MR) is 104 cm³/mol. The van der Waals surface area contributed by atoms with Crippen molar-refractivity contribution in [2.75, 3.05) is 17.7 Å². The predicted octanol–water partition coefficient (Wildman–Crippen LogP) is 1.91. The number of amides is 1. The minimum Gasteiger partial charge on any atom is -0.393 e. The second-order valence-electron chi connectivity index (χ2n) is 7.87. The second-order valence-corrected chi connectivity index (χ2v) is 7.87. The average Bonchev–Trinajstić information content (AvgIpc) is 2.65. The molecule has 2 aliphatic rings. The molecule has 1 aromatic heterocycles. The molecule has 3 rings (SSSR count). The van der Waals surface area contributed by atoms with Crippen molar-refractivity contribution in [1.29, 1.82) is 0 Å². The Balaban J connectivity index is 1.68. The second kappa shape index (κ2) is 8.84. The van der Waals surface area contributed by atoms with Gasteiger partial charge in [-0.2, -0.15) is 4.98 Å². The van der Waals surface area contributed by atoms with Crippen LogP contribution >= 0.6 is 0 Å². The summed E-state index contributed by atoms with van der Waals surface area (Å²) in [5.74, 6) is 0.670. The van der Waals surface area contributed by atoms with Gasteiger partial charge >= 0.3 is 0 Å². The van der Waals surface area contributed by atoms with Crippen LogP contribution in [0.15, 0.2) is 6.20 Å². The Hall–Kier alpha value is -1.93. The van der Waals surface area contributed by atoms with Crippen molar-refractivity contribution in [3.8, 4) is 0 Å². The number of nitrogens with one attached hydrogen (secondary N) is 2. The van der Waals surface area contributed by atoms with Gasteiger partial charge in [-0.25, -0.2) is 4.98 Å². The molecule has 2 aliphatic carbocycles. The maximum Gasteiger partial charge on any atom is 0.254 e. The Morgan fingerprint density at radius 2 is 1.89 bits per heavy atom. The zero-order chi connectivity index (χ0) is 19.4. The molecule has 1 aromatic rings. The van der Waals surface area contributed by atoms with E-state index in [1.54, 1.807) is 7.11 Å². The monoisotopic (exact) mass is 377 g/mol. The van der Waals surface area contributed by atoms with Crippen LogP contribution in [0.2, 0.25) is 0 Å². The lowest BCUT2D eigenvalue weighted by molar-refractivity contribution is 0.0681. The van der Waals surface area contributed by atoms with Crippen molar-refractivity contribution in [1.82, 2.24) is 9.97 Å². The molecule has 0 aromatic carbocycles. The van der Waals surface area contributed by atoms with Crippen molar-refractivity contribution >= 4 is 17.7 Å². The molecule has 8 heteroatoms. The van der Waals surface area contributed by atoms with E-state index in [4.69, 9.17) is 10.5 Å². The normalized spacial score (nSPS) is 31.3.